The lowest BCUT2D eigenvalue weighted by Crippen LogP contribution is -1.87. The molecule has 1 heterocycles. The Hall–Kier alpha value is -1.51. The maximum atomic E-state index is 6.11. The van der Waals surface area contributed by atoms with Gasteiger partial charge >= 0.3 is 0 Å². The van der Waals surface area contributed by atoms with Crippen molar-refractivity contribution in [3.63, 3.8) is 0 Å². The fraction of sp³-hybridized carbons (Fsp3) is 0.0714. The van der Waals surface area contributed by atoms with E-state index < -0.39 is 0 Å². The zero-order chi connectivity index (χ0) is 12.7. The van der Waals surface area contributed by atoms with Crippen molar-refractivity contribution in [3.8, 4) is 5.75 Å². The van der Waals surface area contributed by atoms with Gasteiger partial charge in [0, 0.05) is 21.9 Å². The summed E-state index contributed by atoms with van der Waals surface area (Å²) in [5, 5.41) is 3.28. The molecule has 2 aromatic carbocycles. The van der Waals surface area contributed by atoms with Crippen LogP contribution in [-0.2, 0) is 0 Å². The molecule has 0 aliphatic rings. The first-order valence-electron chi connectivity index (χ1n) is 5.41. The van der Waals surface area contributed by atoms with Gasteiger partial charge in [-0.05, 0) is 24.3 Å². The molecule has 0 fully saturated rings. The first-order valence-corrected chi connectivity index (χ1v) is 6.16. The Morgan fingerprint density at radius 2 is 1.72 bits per heavy atom. The Bertz CT molecular complexity index is 755. The van der Waals surface area contributed by atoms with Crippen molar-refractivity contribution in [3.05, 3.63) is 46.4 Å². The number of hydrogen-bond donors (Lipinski definition) is 0. The second-order valence-electron chi connectivity index (χ2n) is 4.00. The minimum absolute atomic E-state index is 0.583. The number of aromatic nitrogens is 1. The summed E-state index contributed by atoms with van der Waals surface area (Å²) < 4.78 is 5.19. The second kappa shape index (κ2) is 4.30. The van der Waals surface area contributed by atoms with Crippen LogP contribution >= 0.6 is 23.2 Å². The molecule has 3 aromatic rings. The summed E-state index contributed by atoms with van der Waals surface area (Å²) >= 11 is 12.1. The molecule has 0 unspecified atom stereocenters. The number of ether oxygens (including phenoxy) is 1. The highest BCUT2D eigenvalue weighted by Crippen LogP contribution is 2.31. The molecule has 0 saturated heterocycles. The van der Waals surface area contributed by atoms with Crippen molar-refractivity contribution in [1.29, 1.82) is 0 Å². The summed E-state index contributed by atoms with van der Waals surface area (Å²) in [4.78, 5) is 4.57. The highest BCUT2D eigenvalue weighted by atomic mass is 35.5. The topological polar surface area (TPSA) is 22.1 Å². The van der Waals surface area contributed by atoms with Crippen LogP contribution < -0.4 is 4.74 Å². The Balaban J connectivity index is 2.38. The third-order valence-corrected chi connectivity index (χ3v) is 3.38. The van der Waals surface area contributed by atoms with Crippen LogP contribution in [0.4, 0.5) is 0 Å². The standard InChI is InChI=1S/C14H9Cl2NO/c1-18-14-7-13-9(5-11(14)16)4-8-2-3-10(15)6-12(8)17-13/h2-7H,1H3. The van der Waals surface area contributed by atoms with Crippen molar-refractivity contribution >= 4 is 45.0 Å². The molecule has 0 aliphatic carbocycles. The van der Waals surface area contributed by atoms with Crippen LogP contribution in [0.2, 0.25) is 10.0 Å². The third kappa shape index (κ3) is 1.88. The zero-order valence-electron chi connectivity index (χ0n) is 9.58. The number of fused-ring (bicyclic) bond motifs is 2. The lowest BCUT2D eigenvalue weighted by Gasteiger charge is -2.06. The predicted molar refractivity (Wildman–Crippen MR) is 75.8 cm³/mol. The number of hydrogen-bond acceptors (Lipinski definition) is 2. The maximum Gasteiger partial charge on any atom is 0.139 e. The van der Waals surface area contributed by atoms with E-state index in [0.717, 1.165) is 21.8 Å². The molecule has 4 heteroatoms. The molecule has 0 saturated carbocycles. The first kappa shape index (κ1) is 11.6. The van der Waals surface area contributed by atoms with Crippen LogP contribution in [0.1, 0.15) is 0 Å². The van der Waals surface area contributed by atoms with E-state index in [1.807, 2.05) is 36.4 Å². The van der Waals surface area contributed by atoms with Gasteiger partial charge in [-0.15, -0.1) is 0 Å². The average molecular weight is 278 g/mol. The SMILES string of the molecule is COc1cc2nc3cc(Cl)ccc3cc2cc1Cl. The second-order valence-corrected chi connectivity index (χ2v) is 4.85. The fourth-order valence-corrected chi connectivity index (χ4v) is 2.38. The molecule has 0 amide bonds. The zero-order valence-corrected chi connectivity index (χ0v) is 11.1. The molecule has 0 radical (unpaired) electrons. The quantitative estimate of drug-likeness (QED) is 0.602. The van der Waals surface area contributed by atoms with E-state index in [1.54, 1.807) is 7.11 Å². The molecular formula is C14H9Cl2NO. The van der Waals surface area contributed by atoms with Crippen molar-refractivity contribution in [2.24, 2.45) is 0 Å². The highest BCUT2D eigenvalue weighted by Gasteiger charge is 2.06. The molecule has 1 aromatic heterocycles. The van der Waals surface area contributed by atoms with E-state index in [1.165, 1.54) is 0 Å². The van der Waals surface area contributed by atoms with Crippen molar-refractivity contribution < 1.29 is 4.74 Å². The molecule has 2 nitrogen and oxygen atoms in total. The monoisotopic (exact) mass is 277 g/mol. The van der Waals surface area contributed by atoms with Crippen LogP contribution in [0.25, 0.3) is 21.8 Å². The Labute approximate surface area is 114 Å². The van der Waals surface area contributed by atoms with Gasteiger partial charge in [-0.25, -0.2) is 4.98 Å². The number of nitrogens with zero attached hydrogens (tertiary/aromatic N) is 1. The minimum Gasteiger partial charge on any atom is -0.495 e. The highest BCUT2D eigenvalue weighted by molar-refractivity contribution is 6.33. The lowest BCUT2D eigenvalue weighted by atomic mass is 10.1. The van der Waals surface area contributed by atoms with Gasteiger partial charge in [-0.3, -0.25) is 0 Å². The van der Waals surface area contributed by atoms with Crippen LogP contribution in [-0.4, -0.2) is 12.1 Å². The summed E-state index contributed by atoms with van der Waals surface area (Å²) in [5.41, 5.74) is 1.70. The van der Waals surface area contributed by atoms with Gasteiger partial charge in [0.1, 0.15) is 5.75 Å². The Morgan fingerprint density at radius 3 is 2.50 bits per heavy atom. The van der Waals surface area contributed by atoms with Gasteiger partial charge in [-0.1, -0.05) is 29.3 Å². The van der Waals surface area contributed by atoms with Gasteiger partial charge in [0.05, 0.1) is 23.2 Å². The van der Waals surface area contributed by atoms with Gasteiger partial charge in [0.15, 0.2) is 0 Å². The van der Waals surface area contributed by atoms with Gasteiger partial charge in [0.2, 0.25) is 0 Å². The van der Waals surface area contributed by atoms with E-state index in [2.05, 4.69) is 4.98 Å². The normalized spacial score (nSPS) is 11.1. The molecule has 3 rings (SSSR count). The Morgan fingerprint density at radius 1 is 0.944 bits per heavy atom. The number of rotatable bonds is 1. The molecular weight excluding hydrogens is 269 g/mol. The molecule has 0 spiro atoms. The summed E-state index contributed by atoms with van der Waals surface area (Å²) in [7, 11) is 1.59. The van der Waals surface area contributed by atoms with E-state index in [0.29, 0.717) is 15.8 Å². The molecule has 0 atom stereocenters. The predicted octanol–water partition coefficient (Wildman–Crippen LogP) is 4.70. The first-order chi connectivity index (χ1) is 8.67. The van der Waals surface area contributed by atoms with E-state index in [9.17, 15) is 0 Å². The number of pyridine rings is 1. The maximum absolute atomic E-state index is 6.11. The summed E-state index contributed by atoms with van der Waals surface area (Å²) in [6.45, 7) is 0. The summed E-state index contributed by atoms with van der Waals surface area (Å²) in [6.07, 6.45) is 0. The smallest absolute Gasteiger partial charge is 0.139 e. The van der Waals surface area contributed by atoms with Crippen LogP contribution in [0.5, 0.6) is 5.75 Å². The largest absolute Gasteiger partial charge is 0.495 e. The van der Waals surface area contributed by atoms with E-state index >= 15 is 0 Å². The van der Waals surface area contributed by atoms with Crippen molar-refractivity contribution in [1.82, 2.24) is 4.98 Å². The average Bonchev–Trinajstić information content (AvgIpc) is 2.36. The lowest BCUT2D eigenvalue weighted by molar-refractivity contribution is 0.415. The molecule has 0 N–H and O–H groups in total. The van der Waals surface area contributed by atoms with Crippen molar-refractivity contribution in [2.45, 2.75) is 0 Å². The molecule has 18 heavy (non-hydrogen) atoms. The van der Waals surface area contributed by atoms with Crippen molar-refractivity contribution in [2.75, 3.05) is 7.11 Å². The number of methoxy groups -OCH3 is 1. The summed E-state index contributed by atoms with van der Waals surface area (Å²) in [6, 6.07) is 11.4. The van der Waals surface area contributed by atoms with Crippen LogP contribution in [0.15, 0.2) is 36.4 Å². The molecule has 90 valence electrons. The third-order valence-electron chi connectivity index (χ3n) is 2.85. The van der Waals surface area contributed by atoms with Gasteiger partial charge < -0.3 is 4.74 Å². The minimum atomic E-state index is 0.583. The van der Waals surface area contributed by atoms with E-state index in [4.69, 9.17) is 27.9 Å². The van der Waals surface area contributed by atoms with E-state index in [-0.39, 0.29) is 0 Å². The molecule has 0 bridgehead atoms. The molecule has 0 aliphatic heterocycles. The summed E-state index contributed by atoms with van der Waals surface area (Å²) in [5.74, 6) is 0.623. The number of halogens is 2. The van der Waals surface area contributed by atoms with Gasteiger partial charge in [0.25, 0.3) is 0 Å². The fourth-order valence-electron chi connectivity index (χ4n) is 1.96. The van der Waals surface area contributed by atoms with Gasteiger partial charge in [-0.2, -0.15) is 0 Å². The Kier molecular flexibility index (Phi) is 2.77. The van der Waals surface area contributed by atoms with Crippen LogP contribution in [0.3, 0.4) is 0 Å². The van der Waals surface area contributed by atoms with Crippen LogP contribution in [0, 0.1) is 0 Å². The number of benzene rings is 2.